The van der Waals surface area contributed by atoms with Crippen LogP contribution in [0.2, 0.25) is 0 Å². The summed E-state index contributed by atoms with van der Waals surface area (Å²) in [4.78, 5) is 11.3. The fourth-order valence-corrected chi connectivity index (χ4v) is 3.61. The number of phenols is 1. The van der Waals surface area contributed by atoms with Gasteiger partial charge in [0.05, 0.1) is 10.1 Å². The second-order valence-corrected chi connectivity index (χ2v) is 7.66. The predicted octanol–water partition coefficient (Wildman–Crippen LogP) is 1.48. The number of aromatic nitrogens is 2. The number of phenolic OH excluding ortho intramolecular Hbond substituents is 1. The van der Waals surface area contributed by atoms with Crippen LogP contribution in [0.4, 0.5) is 0 Å². The molecular weight excluding hydrogens is 416 g/mol. The summed E-state index contributed by atoms with van der Waals surface area (Å²) in [6.45, 7) is -0.488. The van der Waals surface area contributed by atoms with Crippen LogP contribution in [0.15, 0.2) is 75.2 Å². The lowest BCUT2D eigenvalue weighted by atomic mass is 10.2. The maximum Gasteiger partial charge on any atom is 0.415 e. The van der Waals surface area contributed by atoms with Crippen molar-refractivity contribution in [1.82, 2.24) is 5.16 Å². The molecule has 0 amide bonds. The fraction of sp³-hybridized carbons (Fsp3) is 0.105. The van der Waals surface area contributed by atoms with Crippen molar-refractivity contribution in [3.05, 3.63) is 71.4 Å². The molecule has 0 aliphatic carbocycles. The molecule has 0 spiro atoms. The monoisotopic (exact) mass is 432 g/mol. The maximum atomic E-state index is 12.6. The van der Waals surface area contributed by atoms with Gasteiger partial charge >= 0.3 is 16.9 Å². The highest BCUT2D eigenvalue weighted by molar-refractivity contribution is 7.91. The maximum absolute atomic E-state index is 12.6. The first-order chi connectivity index (χ1) is 14.4. The smallest absolute Gasteiger partial charge is 0.415 e. The van der Waals surface area contributed by atoms with Crippen molar-refractivity contribution in [2.45, 2.75) is 9.92 Å². The van der Waals surface area contributed by atoms with Gasteiger partial charge in [0.25, 0.3) is 9.84 Å². The SMILES string of the molecule is O=C(/C=C/c1ccc(O)cc1)OCCOc1no[n+]([O-])c1S(=O)(=O)c1ccccc1. The largest absolute Gasteiger partial charge is 0.508 e. The molecule has 0 bridgehead atoms. The number of hydrogen-bond acceptors (Lipinski definition) is 9. The van der Waals surface area contributed by atoms with Crippen LogP contribution in [-0.2, 0) is 19.4 Å². The standard InChI is InChI=1S/C19H16N2O8S/c22-15-9-6-14(7-10-15)8-11-17(23)27-12-13-28-18-19(21(24)29-20-18)30(25,26)16-4-2-1-3-5-16/h1-11,22H,12-13H2/b11-8+. The summed E-state index contributed by atoms with van der Waals surface area (Å²) in [5.74, 6) is -1.10. The first kappa shape index (κ1) is 20.9. The highest BCUT2D eigenvalue weighted by atomic mass is 32.2. The molecule has 0 unspecified atom stereocenters. The second kappa shape index (κ2) is 9.09. The summed E-state index contributed by atoms with van der Waals surface area (Å²) in [7, 11) is -4.22. The van der Waals surface area contributed by atoms with Gasteiger partial charge in [0.15, 0.2) is 0 Å². The molecule has 1 aromatic heterocycles. The fourth-order valence-electron chi connectivity index (χ4n) is 2.32. The van der Waals surface area contributed by atoms with Crippen LogP contribution in [-0.4, -0.2) is 37.9 Å². The van der Waals surface area contributed by atoms with Gasteiger partial charge in [0.1, 0.15) is 19.0 Å². The third kappa shape index (κ3) is 4.94. The van der Waals surface area contributed by atoms with Gasteiger partial charge in [-0.25, -0.2) is 13.2 Å². The molecule has 1 heterocycles. The normalized spacial score (nSPS) is 11.5. The zero-order valence-corrected chi connectivity index (χ0v) is 16.2. The molecule has 3 aromatic rings. The average molecular weight is 432 g/mol. The van der Waals surface area contributed by atoms with E-state index in [2.05, 4.69) is 9.79 Å². The van der Waals surface area contributed by atoms with Crippen molar-refractivity contribution in [2.24, 2.45) is 0 Å². The topological polar surface area (TPSA) is 143 Å². The summed E-state index contributed by atoms with van der Waals surface area (Å²) in [6.07, 6.45) is 2.67. The van der Waals surface area contributed by atoms with Crippen molar-refractivity contribution in [3.8, 4) is 11.6 Å². The Morgan fingerprint density at radius 3 is 2.53 bits per heavy atom. The van der Waals surface area contributed by atoms with E-state index in [1.54, 1.807) is 18.2 Å². The third-order valence-electron chi connectivity index (χ3n) is 3.73. The van der Waals surface area contributed by atoms with Crippen LogP contribution in [0, 0.1) is 5.21 Å². The van der Waals surface area contributed by atoms with Crippen LogP contribution in [0.3, 0.4) is 0 Å². The van der Waals surface area contributed by atoms with Gasteiger partial charge < -0.3 is 19.8 Å². The molecule has 0 saturated heterocycles. The Morgan fingerprint density at radius 2 is 1.83 bits per heavy atom. The minimum atomic E-state index is -4.22. The summed E-state index contributed by atoms with van der Waals surface area (Å²) >= 11 is 0. The second-order valence-electron chi connectivity index (χ2n) is 5.80. The number of ether oxygens (including phenoxy) is 2. The van der Waals surface area contributed by atoms with Crippen LogP contribution >= 0.6 is 0 Å². The Balaban J connectivity index is 1.57. The van der Waals surface area contributed by atoms with Crippen molar-refractivity contribution < 1.29 is 37.3 Å². The molecule has 0 radical (unpaired) electrons. The Kier molecular flexibility index (Phi) is 6.32. The first-order valence-electron chi connectivity index (χ1n) is 8.54. The van der Waals surface area contributed by atoms with Gasteiger partial charge in [-0.05, 0) is 40.8 Å². The number of rotatable bonds is 8. The van der Waals surface area contributed by atoms with E-state index in [1.807, 2.05) is 0 Å². The summed E-state index contributed by atoms with van der Waals surface area (Å²) in [5, 5.41) is 23.5. The molecule has 156 valence electrons. The third-order valence-corrected chi connectivity index (χ3v) is 5.45. The van der Waals surface area contributed by atoms with Crippen molar-refractivity contribution in [3.63, 3.8) is 0 Å². The quantitative estimate of drug-likeness (QED) is 0.242. The summed E-state index contributed by atoms with van der Waals surface area (Å²) in [5.41, 5.74) is 0.680. The lowest BCUT2D eigenvalue weighted by Gasteiger charge is -2.04. The molecule has 2 aromatic carbocycles. The number of benzene rings is 2. The number of hydrogen-bond donors (Lipinski definition) is 1. The van der Waals surface area contributed by atoms with Crippen molar-refractivity contribution in [2.75, 3.05) is 13.2 Å². The number of nitrogens with zero attached hydrogens (tertiary/aromatic N) is 2. The number of sulfone groups is 1. The van der Waals surface area contributed by atoms with Gasteiger partial charge in [0, 0.05) is 6.08 Å². The Labute approximate surface area is 171 Å². The molecule has 0 fully saturated rings. The highest BCUT2D eigenvalue weighted by Gasteiger charge is 2.35. The molecule has 0 aliphatic rings. The van der Waals surface area contributed by atoms with Crippen molar-refractivity contribution in [1.29, 1.82) is 0 Å². The molecule has 3 rings (SSSR count). The molecule has 0 aliphatic heterocycles. The number of carbonyl (C=O) groups is 1. The minimum absolute atomic E-state index is 0.104. The molecule has 0 atom stereocenters. The molecule has 10 nitrogen and oxygen atoms in total. The molecular formula is C19H16N2O8S. The van der Waals surface area contributed by atoms with Crippen LogP contribution in [0.5, 0.6) is 11.6 Å². The van der Waals surface area contributed by atoms with Crippen LogP contribution in [0.25, 0.3) is 6.08 Å². The van der Waals surface area contributed by atoms with E-state index in [0.717, 1.165) is 0 Å². The average Bonchev–Trinajstić information content (AvgIpc) is 3.12. The van der Waals surface area contributed by atoms with Gasteiger partial charge in [-0.1, -0.05) is 30.3 Å². The zero-order chi connectivity index (χ0) is 21.6. The predicted molar refractivity (Wildman–Crippen MR) is 101 cm³/mol. The van der Waals surface area contributed by atoms with E-state index in [-0.39, 0.29) is 28.8 Å². The number of aromatic hydroxyl groups is 1. The minimum Gasteiger partial charge on any atom is -0.508 e. The highest BCUT2D eigenvalue weighted by Crippen LogP contribution is 2.24. The Morgan fingerprint density at radius 1 is 1.13 bits per heavy atom. The zero-order valence-electron chi connectivity index (χ0n) is 15.4. The van der Waals surface area contributed by atoms with E-state index in [0.29, 0.717) is 5.56 Å². The van der Waals surface area contributed by atoms with Gasteiger partial charge in [-0.2, -0.15) is 0 Å². The van der Waals surface area contributed by atoms with E-state index < -0.39 is 26.7 Å². The van der Waals surface area contributed by atoms with Crippen LogP contribution in [0.1, 0.15) is 5.56 Å². The van der Waals surface area contributed by atoms with E-state index in [9.17, 15) is 23.5 Å². The molecule has 30 heavy (non-hydrogen) atoms. The molecule has 11 heteroatoms. The van der Waals surface area contributed by atoms with Gasteiger partial charge in [-0.3, -0.25) is 4.63 Å². The van der Waals surface area contributed by atoms with Gasteiger partial charge in [0.2, 0.25) is 0 Å². The molecule has 1 N–H and O–H groups in total. The van der Waals surface area contributed by atoms with Crippen LogP contribution < -0.4 is 9.64 Å². The van der Waals surface area contributed by atoms with Crippen molar-refractivity contribution >= 4 is 21.9 Å². The Hall–Kier alpha value is -3.86. The molecule has 0 saturated carbocycles. The van der Waals surface area contributed by atoms with E-state index >= 15 is 0 Å². The summed E-state index contributed by atoms with van der Waals surface area (Å²) < 4.78 is 39.7. The number of esters is 1. The van der Waals surface area contributed by atoms with E-state index in [1.165, 1.54) is 48.6 Å². The summed E-state index contributed by atoms with van der Waals surface area (Å²) in [6, 6.07) is 13.4. The van der Waals surface area contributed by atoms with Gasteiger partial charge in [-0.15, -0.1) is 0 Å². The lowest BCUT2D eigenvalue weighted by molar-refractivity contribution is -0.832. The van der Waals surface area contributed by atoms with E-state index in [4.69, 9.17) is 9.47 Å². The lowest BCUT2D eigenvalue weighted by Crippen LogP contribution is -2.31. The first-order valence-corrected chi connectivity index (χ1v) is 10.0. The Bertz CT molecular complexity index is 1140. The number of carbonyl (C=O) groups excluding carboxylic acids is 1.